The summed E-state index contributed by atoms with van der Waals surface area (Å²) in [4.78, 5) is 7.20. The molecule has 0 amide bonds. The maximum Gasteiger partial charge on any atom is 0.418 e. The second-order valence-corrected chi connectivity index (χ2v) is 7.63. The molecule has 1 N–H and O–H groups in total. The Morgan fingerprint density at radius 3 is 2.34 bits per heavy atom. The van der Waals surface area contributed by atoms with Gasteiger partial charge in [0.15, 0.2) is 5.03 Å². The van der Waals surface area contributed by atoms with Crippen LogP contribution in [-0.4, -0.2) is 18.4 Å². The molecule has 0 radical (unpaired) electrons. The molecule has 0 bridgehead atoms. The quantitative estimate of drug-likeness (QED) is 0.477. The third-order valence-electron chi connectivity index (χ3n) is 4.06. The maximum absolute atomic E-state index is 13.5. The van der Waals surface area contributed by atoms with E-state index in [1.54, 1.807) is 25.1 Å². The Balaban J connectivity index is 2.11. The summed E-state index contributed by atoms with van der Waals surface area (Å²) < 4.78 is 80.7. The number of aryl methyl sites for hydroxylation is 1. The average Bonchev–Trinajstić information content (AvgIpc) is 2.66. The van der Waals surface area contributed by atoms with Crippen LogP contribution in [0, 0.1) is 5.95 Å². The van der Waals surface area contributed by atoms with Gasteiger partial charge in [-0.15, -0.1) is 0 Å². The molecule has 2 heterocycles. The third-order valence-corrected chi connectivity index (χ3v) is 5.31. The Kier molecular flexibility index (Phi) is 5.56. The minimum atomic E-state index is -4.69. The first-order chi connectivity index (χ1) is 13.6. The molecule has 0 aliphatic heterocycles. The molecule has 0 aliphatic rings. The van der Waals surface area contributed by atoms with E-state index in [0.29, 0.717) is 12.0 Å². The van der Waals surface area contributed by atoms with E-state index in [1.807, 2.05) is 0 Å². The number of benzene rings is 1. The highest BCUT2D eigenvalue weighted by Gasteiger charge is 2.35. The van der Waals surface area contributed by atoms with Crippen molar-refractivity contribution in [3.05, 3.63) is 71.7 Å². The Labute approximate surface area is 164 Å². The summed E-state index contributed by atoms with van der Waals surface area (Å²) in [5.74, 6) is -1.35. The summed E-state index contributed by atoms with van der Waals surface area (Å²) in [6.07, 6.45) is -4.23. The predicted octanol–water partition coefficient (Wildman–Crippen LogP) is 4.66. The van der Waals surface area contributed by atoms with Gasteiger partial charge in [0.1, 0.15) is 5.82 Å². The lowest BCUT2D eigenvalue weighted by Crippen LogP contribution is -2.17. The highest BCUT2D eigenvalue weighted by atomic mass is 32.2. The smallest absolute Gasteiger partial charge is 0.262 e. The Morgan fingerprint density at radius 2 is 1.69 bits per heavy atom. The van der Waals surface area contributed by atoms with Crippen LogP contribution in [0.1, 0.15) is 18.1 Å². The van der Waals surface area contributed by atoms with E-state index in [0.717, 1.165) is 30.3 Å². The van der Waals surface area contributed by atoms with Crippen molar-refractivity contribution in [2.24, 2.45) is 0 Å². The van der Waals surface area contributed by atoms with E-state index in [-0.39, 0.29) is 11.4 Å². The molecule has 152 valence electrons. The molecule has 29 heavy (non-hydrogen) atoms. The SMILES string of the molecule is CCc1ccccc1-c1nc(NS(=O)(=O)c2cccc(F)n2)ccc1C(F)(F)F. The second-order valence-electron chi connectivity index (χ2n) is 6.01. The van der Waals surface area contributed by atoms with Crippen molar-refractivity contribution in [2.45, 2.75) is 24.5 Å². The molecule has 10 heteroatoms. The number of pyridine rings is 2. The van der Waals surface area contributed by atoms with Crippen LogP contribution < -0.4 is 4.72 Å². The number of hydrogen-bond acceptors (Lipinski definition) is 4. The zero-order valence-corrected chi connectivity index (χ0v) is 15.9. The minimum Gasteiger partial charge on any atom is -0.262 e. The number of rotatable bonds is 5. The van der Waals surface area contributed by atoms with Gasteiger partial charge in [0.2, 0.25) is 5.95 Å². The monoisotopic (exact) mass is 425 g/mol. The molecule has 0 unspecified atom stereocenters. The molecular weight excluding hydrogens is 410 g/mol. The summed E-state index contributed by atoms with van der Waals surface area (Å²) in [6.45, 7) is 1.79. The summed E-state index contributed by atoms with van der Waals surface area (Å²) in [5.41, 5.74) is -0.530. The Bertz CT molecular complexity index is 1150. The van der Waals surface area contributed by atoms with Gasteiger partial charge in [0, 0.05) is 5.56 Å². The van der Waals surface area contributed by atoms with Crippen molar-refractivity contribution in [2.75, 3.05) is 4.72 Å². The fraction of sp³-hybridized carbons (Fsp3) is 0.158. The molecule has 0 saturated heterocycles. The lowest BCUT2D eigenvalue weighted by Gasteiger charge is -2.16. The standard InChI is InChI=1S/C19H15F4N3O2S/c1-2-12-6-3-4-7-13(12)18-14(19(21,22)23)10-11-16(25-18)26-29(27,28)17-9-5-8-15(20)24-17/h3-11H,2H2,1H3,(H,25,26). The van der Waals surface area contributed by atoms with Crippen LogP contribution in [0.5, 0.6) is 0 Å². The maximum atomic E-state index is 13.5. The summed E-state index contributed by atoms with van der Waals surface area (Å²) in [5, 5.41) is -0.616. The molecule has 5 nitrogen and oxygen atoms in total. The average molecular weight is 425 g/mol. The van der Waals surface area contributed by atoms with Crippen molar-refractivity contribution in [3.8, 4) is 11.3 Å². The number of nitrogens with one attached hydrogen (secondary N) is 1. The van der Waals surface area contributed by atoms with Gasteiger partial charge < -0.3 is 0 Å². The highest BCUT2D eigenvalue weighted by Crippen LogP contribution is 2.38. The van der Waals surface area contributed by atoms with Crippen molar-refractivity contribution < 1.29 is 26.0 Å². The van der Waals surface area contributed by atoms with Crippen LogP contribution >= 0.6 is 0 Å². The van der Waals surface area contributed by atoms with Gasteiger partial charge >= 0.3 is 6.18 Å². The number of anilines is 1. The predicted molar refractivity (Wildman–Crippen MR) is 99.1 cm³/mol. The number of aromatic nitrogens is 2. The van der Waals surface area contributed by atoms with Crippen LogP contribution in [-0.2, 0) is 22.6 Å². The molecule has 1 aromatic carbocycles. The van der Waals surface area contributed by atoms with E-state index in [9.17, 15) is 26.0 Å². The lowest BCUT2D eigenvalue weighted by atomic mass is 9.98. The van der Waals surface area contributed by atoms with Gasteiger partial charge in [-0.2, -0.15) is 26.0 Å². The third kappa shape index (κ3) is 4.53. The summed E-state index contributed by atoms with van der Waals surface area (Å²) in [6, 6.07) is 11.3. The van der Waals surface area contributed by atoms with Gasteiger partial charge in [-0.1, -0.05) is 37.3 Å². The van der Waals surface area contributed by atoms with Crippen LogP contribution in [0.4, 0.5) is 23.4 Å². The van der Waals surface area contributed by atoms with Gasteiger partial charge in [-0.3, -0.25) is 4.72 Å². The normalized spacial score (nSPS) is 12.0. The Hall–Kier alpha value is -3.01. The molecule has 2 aromatic heterocycles. The van der Waals surface area contributed by atoms with Crippen LogP contribution in [0.3, 0.4) is 0 Å². The van der Waals surface area contributed by atoms with Crippen LogP contribution in [0.2, 0.25) is 0 Å². The molecule has 0 aliphatic carbocycles. The number of nitrogens with zero attached hydrogens (tertiary/aromatic N) is 2. The number of sulfonamides is 1. The van der Waals surface area contributed by atoms with Gasteiger partial charge in [0.05, 0.1) is 11.3 Å². The molecule has 3 rings (SSSR count). The first-order valence-corrected chi connectivity index (χ1v) is 9.92. The Morgan fingerprint density at radius 1 is 0.966 bits per heavy atom. The second kappa shape index (κ2) is 7.78. The minimum absolute atomic E-state index is 0.243. The van der Waals surface area contributed by atoms with E-state index in [2.05, 4.69) is 14.7 Å². The molecule has 0 fully saturated rings. The van der Waals surface area contributed by atoms with Gasteiger partial charge in [-0.05, 0) is 36.2 Å². The zero-order chi connectivity index (χ0) is 21.2. The van der Waals surface area contributed by atoms with Crippen molar-refractivity contribution in [1.29, 1.82) is 0 Å². The first kappa shape index (κ1) is 20.7. The van der Waals surface area contributed by atoms with E-state index >= 15 is 0 Å². The van der Waals surface area contributed by atoms with Gasteiger partial charge in [-0.25, -0.2) is 9.97 Å². The van der Waals surface area contributed by atoms with Crippen molar-refractivity contribution in [3.63, 3.8) is 0 Å². The number of hydrogen-bond donors (Lipinski definition) is 1. The summed E-state index contributed by atoms with van der Waals surface area (Å²) in [7, 11) is -4.34. The summed E-state index contributed by atoms with van der Waals surface area (Å²) >= 11 is 0. The molecule has 0 spiro atoms. The molecule has 0 saturated carbocycles. The molecule has 3 aromatic rings. The number of halogens is 4. The largest absolute Gasteiger partial charge is 0.418 e. The lowest BCUT2D eigenvalue weighted by molar-refractivity contribution is -0.137. The fourth-order valence-corrected chi connectivity index (χ4v) is 3.70. The van der Waals surface area contributed by atoms with Crippen molar-refractivity contribution in [1.82, 2.24) is 9.97 Å². The fourth-order valence-electron chi connectivity index (χ4n) is 2.74. The topological polar surface area (TPSA) is 72.0 Å². The van der Waals surface area contributed by atoms with Crippen molar-refractivity contribution >= 4 is 15.8 Å². The molecular formula is C19H15F4N3O2S. The van der Waals surface area contributed by atoms with E-state index < -0.39 is 38.4 Å². The van der Waals surface area contributed by atoms with Crippen LogP contribution in [0.15, 0.2) is 59.6 Å². The van der Waals surface area contributed by atoms with Gasteiger partial charge in [0.25, 0.3) is 10.0 Å². The zero-order valence-electron chi connectivity index (χ0n) is 15.0. The first-order valence-electron chi connectivity index (χ1n) is 8.43. The number of alkyl halides is 3. The van der Waals surface area contributed by atoms with E-state index in [4.69, 9.17) is 0 Å². The van der Waals surface area contributed by atoms with Crippen LogP contribution in [0.25, 0.3) is 11.3 Å². The molecule has 0 atom stereocenters. The highest BCUT2D eigenvalue weighted by molar-refractivity contribution is 7.92. The van der Waals surface area contributed by atoms with E-state index in [1.165, 1.54) is 6.07 Å².